The number of likely N-dealkylation sites (N-methyl/N-ethyl adjacent to an activating group) is 2. The maximum atomic E-state index is 6.11. The Kier molecular flexibility index (Phi) is 5.14. The van der Waals surface area contributed by atoms with Crippen molar-refractivity contribution in [2.24, 2.45) is 0 Å². The predicted octanol–water partition coefficient (Wildman–Crippen LogP) is 2.56. The van der Waals surface area contributed by atoms with Crippen molar-refractivity contribution < 1.29 is 0 Å². The molecule has 0 saturated carbocycles. The van der Waals surface area contributed by atoms with Crippen molar-refractivity contribution >= 4 is 22.4 Å². The van der Waals surface area contributed by atoms with Crippen LogP contribution in [0.3, 0.4) is 0 Å². The molecule has 5 nitrogen and oxygen atoms in total. The van der Waals surface area contributed by atoms with Gasteiger partial charge in [-0.3, -0.25) is 4.98 Å². The lowest BCUT2D eigenvalue weighted by Gasteiger charge is -2.31. The Morgan fingerprint density at radius 1 is 1.29 bits per heavy atom. The number of nitrogens with zero attached hydrogens (tertiary/aromatic N) is 4. The molecule has 0 spiro atoms. The molecular formula is C15H23N5S. The first-order chi connectivity index (χ1) is 10.0. The normalized spacial score (nSPS) is 12.6. The summed E-state index contributed by atoms with van der Waals surface area (Å²) in [6.07, 6.45) is 3.57. The highest BCUT2D eigenvalue weighted by atomic mass is 32.1. The second-order valence-corrected chi connectivity index (χ2v) is 6.13. The van der Waals surface area contributed by atoms with Gasteiger partial charge >= 0.3 is 0 Å². The van der Waals surface area contributed by atoms with Crippen LogP contribution in [0.2, 0.25) is 0 Å². The van der Waals surface area contributed by atoms with Crippen molar-refractivity contribution in [2.45, 2.75) is 19.9 Å². The van der Waals surface area contributed by atoms with E-state index in [4.69, 9.17) is 5.73 Å². The van der Waals surface area contributed by atoms with Gasteiger partial charge in [-0.15, -0.1) is 0 Å². The molecule has 2 aromatic rings. The van der Waals surface area contributed by atoms with Crippen molar-refractivity contribution in [1.82, 2.24) is 14.3 Å². The van der Waals surface area contributed by atoms with Crippen LogP contribution in [-0.2, 0) is 0 Å². The maximum absolute atomic E-state index is 6.11. The van der Waals surface area contributed by atoms with Gasteiger partial charge in [0.25, 0.3) is 0 Å². The van der Waals surface area contributed by atoms with Crippen LogP contribution in [0.15, 0.2) is 24.5 Å². The topological polar surface area (TPSA) is 58.3 Å². The second-order valence-electron chi connectivity index (χ2n) is 5.38. The Balaban J connectivity index is 2.39. The fourth-order valence-electron chi connectivity index (χ4n) is 2.56. The number of nitrogens with two attached hydrogens (primary N) is 1. The lowest BCUT2D eigenvalue weighted by atomic mass is 10.1. The van der Waals surface area contributed by atoms with Crippen molar-refractivity contribution in [3.05, 3.63) is 24.5 Å². The molecule has 1 unspecified atom stereocenters. The highest BCUT2D eigenvalue weighted by Gasteiger charge is 2.22. The Morgan fingerprint density at radius 2 is 1.95 bits per heavy atom. The molecule has 1 atom stereocenters. The molecule has 0 radical (unpaired) electrons. The van der Waals surface area contributed by atoms with Gasteiger partial charge in [0, 0.05) is 31.5 Å². The smallest absolute Gasteiger partial charge is 0.147 e. The number of rotatable bonds is 6. The fraction of sp³-hybridized carbons (Fsp3) is 0.467. The number of anilines is 2. The molecule has 21 heavy (non-hydrogen) atoms. The van der Waals surface area contributed by atoms with Gasteiger partial charge in [0.2, 0.25) is 0 Å². The van der Waals surface area contributed by atoms with Crippen LogP contribution in [0.25, 0.3) is 11.1 Å². The minimum atomic E-state index is 0.394. The third kappa shape index (κ3) is 3.51. The van der Waals surface area contributed by atoms with Gasteiger partial charge in [0.15, 0.2) is 0 Å². The molecule has 0 saturated heterocycles. The van der Waals surface area contributed by atoms with E-state index in [0.29, 0.717) is 11.9 Å². The molecule has 2 aromatic heterocycles. The minimum Gasteiger partial charge on any atom is -0.382 e. The fourth-order valence-corrected chi connectivity index (χ4v) is 3.57. The molecule has 0 amide bonds. The van der Waals surface area contributed by atoms with E-state index in [1.807, 2.05) is 12.1 Å². The van der Waals surface area contributed by atoms with Gasteiger partial charge in [-0.25, -0.2) is 0 Å². The lowest BCUT2D eigenvalue weighted by molar-refractivity contribution is 0.373. The number of hydrogen-bond donors (Lipinski definition) is 1. The number of aromatic nitrogens is 2. The summed E-state index contributed by atoms with van der Waals surface area (Å²) in [7, 11) is 4.18. The second kappa shape index (κ2) is 6.87. The van der Waals surface area contributed by atoms with Gasteiger partial charge in [-0.05, 0) is 57.2 Å². The van der Waals surface area contributed by atoms with E-state index in [9.17, 15) is 0 Å². The quantitative estimate of drug-likeness (QED) is 0.889. The van der Waals surface area contributed by atoms with Crippen LogP contribution in [0, 0.1) is 0 Å². The van der Waals surface area contributed by atoms with E-state index in [1.54, 1.807) is 12.4 Å². The van der Waals surface area contributed by atoms with E-state index >= 15 is 0 Å². The molecule has 0 fully saturated rings. The highest BCUT2D eigenvalue weighted by molar-refractivity contribution is 7.11. The molecular weight excluding hydrogens is 282 g/mol. The van der Waals surface area contributed by atoms with Gasteiger partial charge in [-0.2, -0.15) is 4.37 Å². The van der Waals surface area contributed by atoms with E-state index in [0.717, 1.165) is 29.2 Å². The highest BCUT2D eigenvalue weighted by Crippen LogP contribution is 2.39. The van der Waals surface area contributed by atoms with Gasteiger partial charge in [-0.1, -0.05) is 0 Å². The molecule has 0 aromatic carbocycles. The third-order valence-electron chi connectivity index (χ3n) is 3.43. The van der Waals surface area contributed by atoms with Crippen LogP contribution in [-0.4, -0.2) is 47.5 Å². The van der Waals surface area contributed by atoms with Crippen molar-refractivity contribution in [3.8, 4) is 11.1 Å². The van der Waals surface area contributed by atoms with Gasteiger partial charge in [0.1, 0.15) is 10.8 Å². The lowest BCUT2D eigenvalue weighted by Crippen LogP contribution is -2.39. The van der Waals surface area contributed by atoms with Crippen LogP contribution < -0.4 is 10.6 Å². The summed E-state index contributed by atoms with van der Waals surface area (Å²) < 4.78 is 4.37. The van der Waals surface area contributed by atoms with Crippen molar-refractivity contribution in [2.75, 3.05) is 37.8 Å². The largest absolute Gasteiger partial charge is 0.382 e. The Morgan fingerprint density at radius 3 is 2.52 bits per heavy atom. The number of nitrogen functional groups attached to an aromatic ring is 1. The molecule has 0 aliphatic carbocycles. The first kappa shape index (κ1) is 15.7. The molecule has 0 aliphatic heterocycles. The van der Waals surface area contributed by atoms with Crippen molar-refractivity contribution in [1.29, 1.82) is 0 Å². The van der Waals surface area contributed by atoms with Crippen LogP contribution in [0.5, 0.6) is 0 Å². The van der Waals surface area contributed by atoms with Crippen LogP contribution in [0.1, 0.15) is 13.8 Å². The molecule has 0 bridgehead atoms. The standard InChI is InChI=1S/C15H23N5S/c1-5-20(11(2)10-19(3)4)15-13(14(16)18-21-15)12-6-8-17-9-7-12/h6-9,11H,5,10H2,1-4H3,(H2,16,18). The summed E-state index contributed by atoms with van der Waals surface area (Å²) in [5.74, 6) is 0.594. The zero-order chi connectivity index (χ0) is 15.4. The molecule has 114 valence electrons. The molecule has 0 aliphatic rings. The summed E-state index contributed by atoms with van der Waals surface area (Å²) in [4.78, 5) is 8.64. The SMILES string of the molecule is CCN(c1snc(N)c1-c1ccncc1)C(C)CN(C)C. The maximum Gasteiger partial charge on any atom is 0.147 e. The zero-order valence-electron chi connectivity index (χ0n) is 13.1. The Labute approximate surface area is 130 Å². The zero-order valence-corrected chi connectivity index (χ0v) is 13.9. The summed E-state index contributed by atoms with van der Waals surface area (Å²) in [6, 6.07) is 4.35. The number of pyridine rings is 1. The average Bonchev–Trinajstić information content (AvgIpc) is 2.81. The predicted molar refractivity (Wildman–Crippen MR) is 90.8 cm³/mol. The minimum absolute atomic E-state index is 0.394. The molecule has 2 N–H and O–H groups in total. The first-order valence-corrected chi connectivity index (χ1v) is 7.88. The van der Waals surface area contributed by atoms with Crippen LogP contribution in [0.4, 0.5) is 10.8 Å². The summed E-state index contributed by atoms with van der Waals surface area (Å²) >= 11 is 1.47. The molecule has 6 heteroatoms. The molecule has 2 heterocycles. The van der Waals surface area contributed by atoms with Crippen molar-refractivity contribution in [3.63, 3.8) is 0 Å². The number of hydrogen-bond acceptors (Lipinski definition) is 6. The van der Waals surface area contributed by atoms with E-state index in [-0.39, 0.29) is 0 Å². The molecule has 2 rings (SSSR count). The average molecular weight is 305 g/mol. The van der Waals surface area contributed by atoms with Gasteiger partial charge in [0.05, 0.1) is 5.56 Å². The monoisotopic (exact) mass is 305 g/mol. The summed E-state index contributed by atoms with van der Waals surface area (Å²) in [5, 5.41) is 1.13. The van der Waals surface area contributed by atoms with Crippen LogP contribution >= 0.6 is 11.5 Å². The third-order valence-corrected chi connectivity index (χ3v) is 4.33. The summed E-state index contributed by atoms with van der Waals surface area (Å²) in [5.41, 5.74) is 8.20. The Bertz CT molecular complexity index is 567. The van der Waals surface area contributed by atoms with E-state index in [2.05, 4.69) is 47.1 Å². The Hall–Kier alpha value is -1.66. The van der Waals surface area contributed by atoms with Gasteiger partial charge < -0.3 is 15.5 Å². The first-order valence-electron chi connectivity index (χ1n) is 7.11. The van der Waals surface area contributed by atoms with E-state index in [1.165, 1.54) is 11.5 Å². The summed E-state index contributed by atoms with van der Waals surface area (Å²) in [6.45, 7) is 6.31. The van der Waals surface area contributed by atoms with E-state index < -0.39 is 0 Å².